The summed E-state index contributed by atoms with van der Waals surface area (Å²) in [4.78, 5) is 22.3. The Bertz CT molecular complexity index is 573. The van der Waals surface area contributed by atoms with Crippen LogP contribution < -0.4 is 5.56 Å². The summed E-state index contributed by atoms with van der Waals surface area (Å²) < 4.78 is 0. The predicted molar refractivity (Wildman–Crippen MR) is 60.4 cm³/mol. The van der Waals surface area contributed by atoms with Gasteiger partial charge in [-0.1, -0.05) is 30.3 Å². The molecular weight excluding hydrogens is 204 g/mol. The fourth-order valence-corrected chi connectivity index (χ4v) is 1.51. The molecule has 1 heterocycles. The molecule has 2 aromatic rings. The molecule has 0 unspecified atom stereocenters. The molecular formula is C12H10N2O2. The van der Waals surface area contributed by atoms with Gasteiger partial charge in [-0.2, -0.15) is 5.10 Å². The molecule has 16 heavy (non-hydrogen) atoms. The smallest absolute Gasteiger partial charge is 0.267 e. The molecule has 0 saturated carbocycles. The number of benzene rings is 1. The van der Waals surface area contributed by atoms with Gasteiger partial charge in [0.2, 0.25) is 0 Å². The van der Waals surface area contributed by atoms with Crippen molar-refractivity contribution in [3.8, 4) is 11.3 Å². The summed E-state index contributed by atoms with van der Waals surface area (Å²) in [5.41, 5.74) is 1.72. The molecule has 1 N–H and O–H groups in total. The molecule has 0 aliphatic heterocycles. The fourth-order valence-electron chi connectivity index (χ4n) is 1.51. The Morgan fingerprint density at radius 3 is 2.56 bits per heavy atom. The molecule has 0 aliphatic rings. The summed E-state index contributed by atoms with van der Waals surface area (Å²) in [5, 5.41) is 6.29. The van der Waals surface area contributed by atoms with Gasteiger partial charge < -0.3 is 0 Å². The van der Waals surface area contributed by atoms with E-state index in [4.69, 9.17) is 0 Å². The fraction of sp³-hybridized carbons (Fsp3) is 0.0833. The monoisotopic (exact) mass is 214 g/mol. The summed E-state index contributed by atoms with van der Waals surface area (Å²) in [6.45, 7) is 1.61. The van der Waals surface area contributed by atoms with Gasteiger partial charge in [0.1, 0.15) is 5.69 Å². The average Bonchev–Trinajstić information content (AvgIpc) is 2.33. The van der Waals surface area contributed by atoms with Gasteiger partial charge in [0.05, 0.1) is 5.56 Å². The van der Waals surface area contributed by atoms with Gasteiger partial charge in [0, 0.05) is 11.1 Å². The lowest BCUT2D eigenvalue weighted by atomic mass is 10.0. The minimum Gasteiger partial charge on any atom is -0.298 e. The zero-order chi connectivity index (χ0) is 11.5. The van der Waals surface area contributed by atoms with Crippen molar-refractivity contribution in [1.82, 2.24) is 10.2 Å². The first-order valence-corrected chi connectivity index (χ1v) is 4.84. The number of hydrogen-bond donors (Lipinski definition) is 1. The number of aromatic amines is 1. The Morgan fingerprint density at radius 1 is 1.25 bits per heavy atom. The van der Waals surface area contributed by atoms with E-state index in [0.717, 1.165) is 5.56 Å². The average molecular weight is 214 g/mol. The molecule has 2 rings (SSSR count). The van der Waals surface area contributed by atoms with Gasteiger partial charge in [-0.05, 0) is 6.92 Å². The summed E-state index contributed by atoms with van der Waals surface area (Å²) in [5.74, 6) is 0. The summed E-state index contributed by atoms with van der Waals surface area (Å²) in [6.07, 6.45) is 0.667. The van der Waals surface area contributed by atoms with Gasteiger partial charge in [-0.3, -0.25) is 9.59 Å². The number of carbonyl (C=O) groups excluding carboxylic acids is 1. The number of H-pyrrole nitrogens is 1. The summed E-state index contributed by atoms with van der Waals surface area (Å²) in [7, 11) is 0. The molecule has 80 valence electrons. The normalized spacial score (nSPS) is 10.1. The molecule has 0 bridgehead atoms. The first kappa shape index (κ1) is 10.3. The second kappa shape index (κ2) is 4.10. The van der Waals surface area contributed by atoms with Gasteiger partial charge in [-0.15, -0.1) is 0 Å². The SMILES string of the molecule is Cc1c(C=O)c(-c2ccccc2)n[nH]c1=O. The largest absolute Gasteiger partial charge is 0.298 e. The van der Waals surface area contributed by atoms with Crippen LogP contribution in [0.5, 0.6) is 0 Å². The van der Waals surface area contributed by atoms with Crippen LogP contribution in [-0.4, -0.2) is 16.5 Å². The molecule has 1 aromatic carbocycles. The van der Waals surface area contributed by atoms with E-state index in [-0.39, 0.29) is 5.56 Å². The molecule has 0 amide bonds. The van der Waals surface area contributed by atoms with Gasteiger partial charge in [0.15, 0.2) is 6.29 Å². The van der Waals surface area contributed by atoms with E-state index in [2.05, 4.69) is 10.2 Å². The van der Waals surface area contributed by atoms with E-state index in [9.17, 15) is 9.59 Å². The number of nitrogens with zero attached hydrogens (tertiary/aromatic N) is 1. The zero-order valence-electron chi connectivity index (χ0n) is 8.73. The maximum Gasteiger partial charge on any atom is 0.267 e. The molecule has 0 aliphatic carbocycles. The van der Waals surface area contributed by atoms with Crippen molar-refractivity contribution in [2.75, 3.05) is 0 Å². The highest BCUT2D eigenvalue weighted by atomic mass is 16.1. The van der Waals surface area contributed by atoms with E-state index in [1.54, 1.807) is 6.92 Å². The molecule has 1 aromatic heterocycles. The lowest BCUT2D eigenvalue weighted by Gasteiger charge is -2.04. The van der Waals surface area contributed by atoms with Crippen LogP contribution in [0, 0.1) is 6.92 Å². The van der Waals surface area contributed by atoms with Crippen molar-refractivity contribution in [3.63, 3.8) is 0 Å². The van der Waals surface area contributed by atoms with Crippen molar-refractivity contribution in [1.29, 1.82) is 0 Å². The number of nitrogens with one attached hydrogen (secondary N) is 1. The Morgan fingerprint density at radius 2 is 1.94 bits per heavy atom. The number of rotatable bonds is 2. The number of hydrogen-bond acceptors (Lipinski definition) is 3. The van der Waals surface area contributed by atoms with Gasteiger partial charge in [-0.25, -0.2) is 5.10 Å². The second-order valence-corrected chi connectivity index (χ2v) is 3.42. The van der Waals surface area contributed by atoms with E-state index in [1.165, 1.54) is 0 Å². The van der Waals surface area contributed by atoms with Crippen LogP contribution in [-0.2, 0) is 0 Å². The Hall–Kier alpha value is -2.23. The third kappa shape index (κ3) is 1.65. The van der Waals surface area contributed by atoms with Crippen LogP contribution in [0.3, 0.4) is 0 Å². The van der Waals surface area contributed by atoms with Crippen LogP contribution in [0.15, 0.2) is 35.1 Å². The Labute approximate surface area is 91.9 Å². The number of aromatic nitrogens is 2. The predicted octanol–water partition coefficient (Wildman–Crippen LogP) is 1.56. The Kier molecular flexibility index (Phi) is 2.64. The third-order valence-electron chi connectivity index (χ3n) is 2.43. The number of aldehydes is 1. The van der Waals surface area contributed by atoms with Crippen molar-refractivity contribution in [2.24, 2.45) is 0 Å². The molecule has 0 spiro atoms. The highest BCUT2D eigenvalue weighted by molar-refractivity contribution is 5.86. The first-order valence-electron chi connectivity index (χ1n) is 4.84. The number of carbonyl (C=O) groups is 1. The van der Waals surface area contributed by atoms with E-state index >= 15 is 0 Å². The van der Waals surface area contributed by atoms with Gasteiger partial charge >= 0.3 is 0 Å². The highest BCUT2D eigenvalue weighted by Gasteiger charge is 2.11. The summed E-state index contributed by atoms with van der Waals surface area (Å²) >= 11 is 0. The van der Waals surface area contributed by atoms with Crippen LogP contribution in [0.1, 0.15) is 15.9 Å². The lowest BCUT2D eigenvalue weighted by molar-refractivity contribution is 0.112. The summed E-state index contributed by atoms with van der Waals surface area (Å²) in [6, 6.07) is 9.26. The van der Waals surface area contributed by atoms with Crippen molar-refractivity contribution >= 4 is 6.29 Å². The topological polar surface area (TPSA) is 62.8 Å². The molecule has 4 nitrogen and oxygen atoms in total. The molecule has 0 fully saturated rings. The maximum absolute atomic E-state index is 11.3. The maximum atomic E-state index is 11.3. The van der Waals surface area contributed by atoms with Crippen molar-refractivity contribution < 1.29 is 4.79 Å². The van der Waals surface area contributed by atoms with Crippen LogP contribution in [0.2, 0.25) is 0 Å². The van der Waals surface area contributed by atoms with E-state index in [0.29, 0.717) is 23.1 Å². The molecule has 4 heteroatoms. The molecule has 0 atom stereocenters. The van der Waals surface area contributed by atoms with Gasteiger partial charge in [0.25, 0.3) is 5.56 Å². The lowest BCUT2D eigenvalue weighted by Crippen LogP contribution is -2.15. The Balaban J connectivity index is 2.72. The van der Waals surface area contributed by atoms with E-state index < -0.39 is 0 Å². The minimum absolute atomic E-state index is 0.332. The van der Waals surface area contributed by atoms with E-state index in [1.807, 2.05) is 30.3 Å². The first-order chi connectivity index (χ1) is 7.74. The van der Waals surface area contributed by atoms with Crippen LogP contribution in [0.25, 0.3) is 11.3 Å². The zero-order valence-corrected chi connectivity index (χ0v) is 8.73. The van der Waals surface area contributed by atoms with Crippen molar-refractivity contribution in [3.05, 3.63) is 51.8 Å². The molecule has 0 radical (unpaired) electrons. The third-order valence-corrected chi connectivity index (χ3v) is 2.43. The van der Waals surface area contributed by atoms with Crippen molar-refractivity contribution in [2.45, 2.75) is 6.92 Å². The standard InChI is InChI=1S/C12H10N2O2/c1-8-10(7-15)11(13-14-12(8)16)9-5-3-2-4-6-9/h2-7H,1H3,(H,14,16). The van der Waals surface area contributed by atoms with Crippen LogP contribution in [0.4, 0.5) is 0 Å². The highest BCUT2D eigenvalue weighted by Crippen LogP contribution is 2.19. The molecule has 0 saturated heterocycles. The quantitative estimate of drug-likeness (QED) is 0.771. The second-order valence-electron chi connectivity index (χ2n) is 3.42. The van der Waals surface area contributed by atoms with Crippen LogP contribution >= 0.6 is 0 Å². The minimum atomic E-state index is -0.332.